The van der Waals surface area contributed by atoms with Gasteiger partial charge < -0.3 is 14.4 Å². The molecule has 0 radical (unpaired) electrons. The first-order valence-corrected chi connectivity index (χ1v) is 9.27. The number of methoxy groups -OCH3 is 2. The third kappa shape index (κ3) is 4.74. The number of ether oxygens (including phenoxy) is 2. The third-order valence-corrected chi connectivity index (χ3v) is 4.86. The number of hydrogen-bond donors (Lipinski definition) is 0. The van der Waals surface area contributed by atoms with Gasteiger partial charge in [0.25, 0.3) is 5.56 Å². The molecule has 2 aromatic heterocycles. The molecule has 0 N–H and O–H groups in total. The minimum absolute atomic E-state index is 0.0778. The standard InChI is InChI=1S/C20H18ClF3N4O3/c1-27(11-12-4-6-14(30-2)8-16(12)31-3)15-10-26-28(19(29)18(15)21)17-7-5-13(9-25-17)20(22,23)24/h4-10H,11H2,1-3H3. The van der Waals surface area contributed by atoms with Crippen molar-refractivity contribution in [2.75, 3.05) is 26.2 Å². The van der Waals surface area contributed by atoms with E-state index in [2.05, 4.69) is 10.1 Å². The second-order valence-electron chi connectivity index (χ2n) is 6.50. The van der Waals surface area contributed by atoms with Crippen molar-refractivity contribution >= 4 is 17.3 Å². The lowest BCUT2D eigenvalue weighted by atomic mass is 10.1. The molecule has 0 amide bonds. The van der Waals surface area contributed by atoms with Crippen LogP contribution in [0, 0.1) is 0 Å². The Morgan fingerprint density at radius 3 is 2.45 bits per heavy atom. The maximum Gasteiger partial charge on any atom is 0.417 e. The molecule has 0 atom stereocenters. The van der Waals surface area contributed by atoms with Gasteiger partial charge in [-0.15, -0.1) is 0 Å². The first kappa shape index (κ1) is 22.4. The van der Waals surface area contributed by atoms with Crippen molar-refractivity contribution < 1.29 is 22.6 Å². The first-order valence-electron chi connectivity index (χ1n) is 8.89. The van der Waals surface area contributed by atoms with Crippen LogP contribution in [0.2, 0.25) is 5.02 Å². The fourth-order valence-electron chi connectivity index (χ4n) is 2.86. The molecule has 0 saturated carbocycles. The summed E-state index contributed by atoms with van der Waals surface area (Å²) >= 11 is 6.26. The van der Waals surface area contributed by atoms with Crippen molar-refractivity contribution in [2.24, 2.45) is 0 Å². The summed E-state index contributed by atoms with van der Waals surface area (Å²) < 4.78 is 49.5. The number of anilines is 1. The van der Waals surface area contributed by atoms with E-state index < -0.39 is 17.3 Å². The van der Waals surface area contributed by atoms with E-state index in [1.54, 1.807) is 31.2 Å². The highest BCUT2D eigenvalue weighted by molar-refractivity contribution is 6.33. The zero-order valence-corrected chi connectivity index (χ0v) is 17.5. The highest BCUT2D eigenvalue weighted by atomic mass is 35.5. The summed E-state index contributed by atoms with van der Waals surface area (Å²) in [6, 6.07) is 7.21. The van der Waals surface area contributed by atoms with Gasteiger partial charge in [-0.2, -0.15) is 23.0 Å². The molecule has 1 aromatic carbocycles. The van der Waals surface area contributed by atoms with Gasteiger partial charge in [-0.05, 0) is 24.3 Å². The largest absolute Gasteiger partial charge is 0.497 e. The summed E-state index contributed by atoms with van der Waals surface area (Å²) in [6.45, 7) is 0.344. The Hall–Kier alpha value is -3.27. The van der Waals surface area contributed by atoms with Crippen LogP contribution in [0.1, 0.15) is 11.1 Å². The first-order chi connectivity index (χ1) is 14.7. The van der Waals surface area contributed by atoms with Crippen molar-refractivity contribution in [3.05, 3.63) is 69.2 Å². The molecule has 0 aliphatic rings. The highest BCUT2D eigenvalue weighted by Gasteiger charge is 2.30. The van der Waals surface area contributed by atoms with E-state index in [1.807, 2.05) is 6.07 Å². The van der Waals surface area contributed by atoms with Crippen LogP contribution in [0.3, 0.4) is 0 Å². The van der Waals surface area contributed by atoms with Crippen LogP contribution in [-0.4, -0.2) is 36.0 Å². The van der Waals surface area contributed by atoms with E-state index in [0.29, 0.717) is 29.9 Å². The van der Waals surface area contributed by atoms with Gasteiger partial charge in [0.1, 0.15) is 16.5 Å². The summed E-state index contributed by atoms with van der Waals surface area (Å²) in [5.74, 6) is 1.15. The van der Waals surface area contributed by atoms with E-state index in [-0.39, 0.29) is 10.8 Å². The molecule has 0 aliphatic carbocycles. The number of aromatic nitrogens is 3. The smallest absolute Gasteiger partial charge is 0.417 e. The number of alkyl halides is 3. The summed E-state index contributed by atoms with van der Waals surface area (Å²) in [7, 11) is 4.80. The summed E-state index contributed by atoms with van der Waals surface area (Å²) in [5, 5.41) is 3.87. The molecular formula is C20H18ClF3N4O3. The molecular weight excluding hydrogens is 437 g/mol. The van der Waals surface area contributed by atoms with Gasteiger partial charge in [0.05, 0.1) is 31.7 Å². The molecule has 0 spiro atoms. The number of pyridine rings is 1. The molecule has 11 heteroatoms. The third-order valence-electron chi connectivity index (χ3n) is 4.51. The van der Waals surface area contributed by atoms with Crippen LogP contribution in [0.15, 0.2) is 47.5 Å². The monoisotopic (exact) mass is 454 g/mol. The fourth-order valence-corrected chi connectivity index (χ4v) is 3.13. The maximum atomic E-state index is 12.7. The number of nitrogens with zero attached hydrogens (tertiary/aromatic N) is 4. The quantitative estimate of drug-likeness (QED) is 0.561. The van der Waals surface area contributed by atoms with Crippen molar-refractivity contribution in [3.8, 4) is 17.3 Å². The number of hydrogen-bond acceptors (Lipinski definition) is 6. The second kappa shape index (κ2) is 8.84. The molecule has 0 bridgehead atoms. The van der Waals surface area contributed by atoms with Gasteiger partial charge >= 0.3 is 6.18 Å². The maximum absolute atomic E-state index is 12.7. The molecule has 0 saturated heterocycles. The van der Waals surface area contributed by atoms with E-state index in [1.165, 1.54) is 13.3 Å². The van der Waals surface area contributed by atoms with Crippen LogP contribution in [0.4, 0.5) is 18.9 Å². The Kier molecular flexibility index (Phi) is 6.40. The van der Waals surface area contributed by atoms with Crippen LogP contribution in [0.25, 0.3) is 5.82 Å². The Bertz CT molecular complexity index is 1130. The van der Waals surface area contributed by atoms with Gasteiger partial charge in [-0.1, -0.05) is 11.6 Å². The van der Waals surface area contributed by atoms with Gasteiger partial charge in [0.2, 0.25) is 0 Å². The Morgan fingerprint density at radius 1 is 1.13 bits per heavy atom. The minimum Gasteiger partial charge on any atom is -0.497 e. The zero-order valence-electron chi connectivity index (χ0n) is 16.8. The molecule has 2 heterocycles. The van der Waals surface area contributed by atoms with Crippen LogP contribution < -0.4 is 19.9 Å². The van der Waals surface area contributed by atoms with Crippen LogP contribution in [0.5, 0.6) is 11.5 Å². The van der Waals surface area contributed by atoms with E-state index in [0.717, 1.165) is 22.4 Å². The average molecular weight is 455 g/mol. The van der Waals surface area contributed by atoms with Gasteiger partial charge in [-0.25, -0.2) is 4.98 Å². The number of rotatable bonds is 6. The fraction of sp³-hybridized carbons (Fsp3) is 0.250. The predicted molar refractivity (Wildman–Crippen MR) is 109 cm³/mol. The SMILES string of the molecule is COc1ccc(CN(C)c2cnn(-c3ccc(C(F)(F)F)cn3)c(=O)c2Cl)c(OC)c1. The van der Waals surface area contributed by atoms with Crippen LogP contribution in [-0.2, 0) is 12.7 Å². The molecule has 0 fully saturated rings. The molecule has 3 aromatic rings. The topological polar surface area (TPSA) is 69.5 Å². The van der Waals surface area contributed by atoms with Crippen molar-refractivity contribution in [3.63, 3.8) is 0 Å². The number of benzene rings is 1. The lowest BCUT2D eigenvalue weighted by Gasteiger charge is -2.22. The van der Waals surface area contributed by atoms with E-state index in [9.17, 15) is 18.0 Å². The number of halogens is 4. The molecule has 31 heavy (non-hydrogen) atoms. The predicted octanol–water partition coefficient (Wildman–Crippen LogP) is 3.95. The molecule has 3 rings (SSSR count). The Morgan fingerprint density at radius 2 is 1.87 bits per heavy atom. The average Bonchev–Trinajstić information content (AvgIpc) is 2.75. The van der Waals surface area contributed by atoms with Crippen molar-refractivity contribution in [2.45, 2.75) is 12.7 Å². The summed E-state index contributed by atoms with van der Waals surface area (Å²) in [4.78, 5) is 18.1. The van der Waals surface area contributed by atoms with E-state index in [4.69, 9.17) is 21.1 Å². The second-order valence-corrected chi connectivity index (χ2v) is 6.88. The molecule has 164 valence electrons. The highest BCUT2D eigenvalue weighted by Crippen LogP contribution is 2.30. The molecule has 0 aliphatic heterocycles. The lowest BCUT2D eigenvalue weighted by Crippen LogP contribution is -2.27. The van der Waals surface area contributed by atoms with Crippen molar-refractivity contribution in [1.82, 2.24) is 14.8 Å². The molecule has 7 nitrogen and oxygen atoms in total. The molecule has 0 unspecified atom stereocenters. The van der Waals surface area contributed by atoms with Gasteiger partial charge in [0, 0.05) is 31.4 Å². The van der Waals surface area contributed by atoms with E-state index >= 15 is 0 Å². The summed E-state index contributed by atoms with van der Waals surface area (Å²) in [5.41, 5.74) is -0.483. The van der Waals surface area contributed by atoms with Gasteiger partial charge in [-0.3, -0.25) is 4.79 Å². The zero-order chi connectivity index (χ0) is 22.8. The van der Waals surface area contributed by atoms with Crippen LogP contribution >= 0.6 is 11.6 Å². The normalized spacial score (nSPS) is 11.3. The Balaban J connectivity index is 1.89. The Labute approximate surface area is 180 Å². The van der Waals surface area contributed by atoms with Crippen molar-refractivity contribution in [1.29, 1.82) is 0 Å². The summed E-state index contributed by atoms with van der Waals surface area (Å²) in [6.07, 6.45) is -2.55. The minimum atomic E-state index is -4.53. The lowest BCUT2D eigenvalue weighted by molar-refractivity contribution is -0.137. The van der Waals surface area contributed by atoms with Gasteiger partial charge in [0.15, 0.2) is 5.82 Å².